The molecule has 1 unspecified atom stereocenters. The maximum Gasteiger partial charge on any atom is 0.335 e. The minimum atomic E-state index is -0.975. The molecular formula is C21H26N4O4S. The minimum Gasteiger partial charge on any atom is -0.478 e. The van der Waals surface area contributed by atoms with E-state index in [2.05, 4.69) is 15.6 Å². The third-order valence-electron chi connectivity index (χ3n) is 5.19. The number of aryl methyl sites for hydroxylation is 2. The van der Waals surface area contributed by atoms with Crippen LogP contribution in [0.25, 0.3) is 0 Å². The lowest BCUT2D eigenvalue weighted by Crippen LogP contribution is -2.45. The van der Waals surface area contributed by atoms with Gasteiger partial charge in [0.2, 0.25) is 11.8 Å². The Bertz CT molecular complexity index is 906. The van der Waals surface area contributed by atoms with Crippen LogP contribution in [0.2, 0.25) is 0 Å². The minimum absolute atomic E-state index is 0.0476. The first-order chi connectivity index (χ1) is 14.3. The molecule has 1 atom stereocenters. The van der Waals surface area contributed by atoms with E-state index in [1.165, 1.54) is 23.5 Å². The molecule has 1 aliphatic rings. The van der Waals surface area contributed by atoms with Gasteiger partial charge in [-0.05, 0) is 50.9 Å². The average Bonchev–Trinajstić information content (AvgIpc) is 3.03. The second-order valence-electron chi connectivity index (χ2n) is 7.50. The normalized spacial score (nSPS) is 16.8. The fraction of sp³-hybridized carbons (Fsp3) is 0.429. The highest BCUT2D eigenvalue weighted by Gasteiger charge is 2.27. The van der Waals surface area contributed by atoms with Gasteiger partial charge in [-0.3, -0.25) is 14.5 Å². The van der Waals surface area contributed by atoms with Gasteiger partial charge < -0.3 is 15.7 Å². The van der Waals surface area contributed by atoms with Gasteiger partial charge in [0.25, 0.3) is 0 Å². The summed E-state index contributed by atoms with van der Waals surface area (Å²) in [6.45, 7) is 5.78. The summed E-state index contributed by atoms with van der Waals surface area (Å²) in [5, 5.41) is 15.3. The molecule has 2 aromatic rings. The predicted molar refractivity (Wildman–Crippen MR) is 115 cm³/mol. The van der Waals surface area contributed by atoms with Crippen molar-refractivity contribution in [2.75, 3.05) is 25.0 Å². The zero-order chi connectivity index (χ0) is 21.7. The van der Waals surface area contributed by atoms with Gasteiger partial charge in [-0.1, -0.05) is 12.1 Å². The van der Waals surface area contributed by atoms with E-state index in [1.54, 1.807) is 12.1 Å². The first-order valence-corrected chi connectivity index (χ1v) is 10.7. The predicted octanol–water partition coefficient (Wildman–Crippen LogP) is 2.43. The van der Waals surface area contributed by atoms with Crippen LogP contribution in [0, 0.1) is 19.8 Å². The number of hydrogen-bond acceptors (Lipinski definition) is 6. The molecule has 2 amide bonds. The van der Waals surface area contributed by atoms with Crippen LogP contribution in [0.5, 0.6) is 0 Å². The molecule has 30 heavy (non-hydrogen) atoms. The summed E-state index contributed by atoms with van der Waals surface area (Å²) in [5.41, 5.74) is 1.98. The number of aromatic carboxylic acids is 1. The van der Waals surface area contributed by atoms with E-state index in [1.807, 2.05) is 18.7 Å². The van der Waals surface area contributed by atoms with Gasteiger partial charge in [0.15, 0.2) is 5.13 Å². The van der Waals surface area contributed by atoms with Crippen molar-refractivity contribution in [1.82, 2.24) is 15.2 Å². The molecule has 0 saturated carbocycles. The molecule has 2 heterocycles. The van der Waals surface area contributed by atoms with Gasteiger partial charge in [-0.15, -0.1) is 11.3 Å². The molecule has 0 radical (unpaired) electrons. The molecular weight excluding hydrogens is 404 g/mol. The molecule has 3 N–H and O–H groups in total. The Morgan fingerprint density at radius 3 is 2.60 bits per heavy atom. The van der Waals surface area contributed by atoms with E-state index in [4.69, 9.17) is 5.11 Å². The van der Waals surface area contributed by atoms with Crippen molar-refractivity contribution < 1.29 is 19.5 Å². The molecule has 1 aromatic heterocycles. The number of rotatable bonds is 7. The highest BCUT2D eigenvalue weighted by molar-refractivity contribution is 7.15. The number of carboxylic acid groups (broad SMARTS) is 1. The van der Waals surface area contributed by atoms with E-state index in [0.29, 0.717) is 18.2 Å². The van der Waals surface area contributed by atoms with Gasteiger partial charge in [0.1, 0.15) is 0 Å². The molecule has 1 saturated heterocycles. The number of amides is 2. The van der Waals surface area contributed by atoms with Crippen LogP contribution in [0.1, 0.15) is 39.3 Å². The maximum absolute atomic E-state index is 12.6. The number of thiazole rings is 1. The van der Waals surface area contributed by atoms with Crippen molar-refractivity contribution in [3.63, 3.8) is 0 Å². The number of carboxylic acids is 1. The van der Waals surface area contributed by atoms with Crippen molar-refractivity contribution in [1.29, 1.82) is 0 Å². The van der Waals surface area contributed by atoms with Crippen LogP contribution in [0.15, 0.2) is 24.3 Å². The Labute approximate surface area is 179 Å². The Morgan fingerprint density at radius 1 is 1.23 bits per heavy atom. The van der Waals surface area contributed by atoms with Crippen molar-refractivity contribution >= 4 is 34.3 Å². The molecule has 1 fully saturated rings. The highest BCUT2D eigenvalue weighted by Crippen LogP contribution is 2.21. The van der Waals surface area contributed by atoms with Gasteiger partial charge in [-0.2, -0.15) is 0 Å². The quantitative estimate of drug-likeness (QED) is 0.622. The van der Waals surface area contributed by atoms with Crippen LogP contribution in [-0.4, -0.2) is 52.4 Å². The third kappa shape index (κ3) is 5.87. The van der Waals surface area contributed by atoms with E-state index < -0.39 is 5.97 Å². The zero-order valence-corrected chi connectivity index (χ0v) is 17.9. The first-order valence-electron chi connectivity index (χ1n) is 9.88. The fourth-order valence-corrected chi connectivity index (χ4v) is 4.23. The number of hydrogen-bond donors (Lipinski definition) is 3. The molecule has 0 spiro atoms. The molecule has 8 nitrogen and oxygen atoms in total. The first kappa shape index (κ1) is 21.9. The number of likely N-dealkylation sites (tertiary alicyclic amines) is 1. The number of piperidine rings is 1. The lowest BCUT2D eigenvalue weighted by Gasteiger charge is -2.31. The van der Waals surface area contributed by atoms with Crippen LogP contribution >= 0.6 is 11.3 Å². The Morgan fingerprint density at radius 2 is 1.97 bits per heavy atom. The average molecular weight is 431 g/mol. The van der Waals surface area contributed by atoms with E-state index in [0.717, 1.165) is 35.5 Å². The van der Waals surface area contributed by atoms with Crippen LogP contribution in [-0.2, 0) is 16.1 Å². The summed E-state index contributed by atoms with van der Waals surface area (Å²) in [5.74, 6) is -1.32. The largest absolute Gasteiger partial charge is 0.478 e. The number of carbonyl (C=O) groups excluding carboxylic acids is 2. The second-order valence-corrected chi connectivity index (χ2v) is 8.71. The Kier molecular flexibility index (Phi) is 7.17. The maximum atomic E-state index is 12.6. The standard InChI is InChI=1S/C21H26N4O4S/c1-13-14(2)30-21(23-13)24-18(26)12-25-9-3-4-17(11-25)19(27)22-10-15-5-7-16(8-6-15)20(28)29/h5-8,17H,3-4,9-12H2,1-2H3,(H,22,27)(H,28,29)(H,23,24,26). The van der Waals surface area contributed by atoms with E-state index in [9.17, 15) is 14.4 Å². The third-order valence-corrected chi connectivity index (χ3v) is 6.17. The van der Waals surface area contributed by atoms with Crippen LogP contribution < -0.4 is 10.6 Å². The van der Waals surface area contributed by atoms with Gasteiger partial charge in [0, 0.05) is 18.0 Å². The number of nitrogens with zero attached hydrogens (tertiary/aromatic N) is 2. The van der Waals surface area contributed by atoms with Crippen molar-refractivity contribution in [3.05, 3.63) is 46.0 Å². The fourth-order valence-electron chi connectivity index (χ4n) is 3.40. The molecule has 0 aliphatic carbocycles. The number of carbonyl (C=O) groups is 3. The number of anilines is 1. The molecule has 1 aliphatic heterocycles. The van der Waals surface area contributed by atoms with Crippen molar-refractivity contribution in [2.45, 2.75) is 33.2 Å². The monoisotopic (exact) mass is 430 g/mol. The summed E-state index contributed by atoms with van der Waals surface area (Å²) in [7, 11) is 0. The number of benzene rings is 1. The summed E-state index contributed by atoms with van der Waals surface area (Å²) < 4.78 is 0. The summed E-state index contributed by atoms with van der Waals surface area (Å²) in [6, 6.07) is 6.44. The molecule has 9 heteroatoms. The van der Waals surface area contributed by atoms with E-state index in [-0.39, 0.29) is 29.8 Å². The molecule has 1 aromatic carbocycles. The topological polar surface area (TPSA) is 112 Å². The smallest absolute Gasteiger partial charge is 0.335 e. The van der Waals surface area contributed by atoms with Crippen LogP contribution in [0.3, 0.4) is 0 Å². The van der Waals surface area contributed by atoms with Crippen LogP contribution in [0.4, 0.5) is 5.13 Å². The summed E-state index contributed by atoms with van der Waals surface area (Å²) in [4.78, 5) is 43.2. The second kappa shape index (κ2) is 9.82. The summed E-state index contributed by atoms with van der Waals surface area (Å²) >= 11 is 1.46. The molecule has 3 rings (SSSR count). The Hall–Kier alpha value is -2.78. The molecule has 0 bridgehead atoms. The van der Waals surface area contributed by atoms with Gasteiger partial charge in [-0.25, -0.2) is 9.78 Å². The SMILES string of the molecule is Cc1nc(NC(=O)CN2CCCC(C(=O)NCc3ccc(C(=O)O)cc3)C2)sc1C. The van der Waals surface area contributed by atoms with E-state index >= 15 is 0 Å². The summed E-state index contributed by atoms with van der Waals surface area (Å²) in [6.07, 6.45) is 1.64. The van der Waals surface area contributed by atoms with Crippen molar-refractivity contribution in [3.8, 4) is 0 Å². The molecule has 160 valence electrons. The number of aromatic nitrogens is 1. The highest BCUT2D eigenvalue weighted by atomic mass is 32.1. The number of nitrogens with one attached hydrogen (secondary N) is 2. The Balaban J connectivity index is 1.46. The van der Waals surface area contributed by atoms with Crippen molar-refractivity contribution in [2.24, 2.45) is 5.92 Å². The van der Waals surface area contributed by atoms with Gasteiger partial charge >= 0.3 is 5.97 Å². The lowest BCUT2D eigenvalue weighted by molar-refractivity contribution is -0.128. The van der Waals surface area contributed by atoms with Gasteiger partial charge in [0.05, 0.1) is 23.7 Å². The zero-order valence-electron chi connectivity index (χ0n) is 17.1. The lowest BCUT2D eigenvalue weighted by atomic mass is 9.97.